The number of aromatic nitrogens is 3. The summed E-state index contributed by atoms with van der Waals surface area (Å²) in [5, 5.41) is 7.70. The van der Waals surface area contributed by atoms with Gasteiger partial charge in [0.2, 0.25) is 0 Å². The van der Waals surface area contributed by atoms with Gasteiger partial charge in [-0.25, -0.2) is 27.3 Å². The minimum absolute atomic E-state index is 0.0166. The summed E-state index contributed by atoms with van der Waals surface area (Å²) in [5.74, 6) is -0.320. The van der Waals surface area contributed by atoms with E-state index >= 15 is 0 Å². The van der Waals surface area contributed by atoms with Crippen molar-refractivity contribution in [2.75, 3.05) is 17.7 Å². The number of anilines is 1. The molecule has 10 heteroatoms. The van der Waals surface area contributed by atoms with Crippen LogP contribution in [0, 0.1) is 12.7 Å². The van der Waals surface area contributed by atoms with Gasteiger partial charge in [0, 0.05) is 19.0 Å². The number of amides is 2. The number of benzene rings is 1. The monoisotopic (exact) mass is 485 g/mol. The van der Waals surface area contributed by atoms with Crippen LogP contribution in [0.5, 0.6) is 0 Å². The molecule has 1 N–H and O–H groups in total. The number of aryl methyl sites for hydroxylation is 1. The quantitative estimate of drug-likeness (QED) is 0.566. The molecule has 1 aromatic carbocycles. The Labute approximate surface area is 198 Å². The van der Waals surface area contributed by atoms with Crippen molar-refractivity contribution < 1.29 is 17.6 Å². The van der Waals surface area contributed by atoms with Crippen molar-refractivity contribution in [1.82, 2.24) is 20.1 Å². The number of hydrogen-bond donors (Lipinski definition) is 1. The molecule has 2 aromatic heterocycles. The van der Waals surface area contributed by atoms with Crippen molar-refractivity contribution in [1.29, 1.82) is 0 Å². The first-order valence-corrected chi connectivity index (χ1v) is 13.2. The first-order valence-electron chi connectivity index (χ1n) is 11.3. The Morgan fingerprint density at radius 1 is 1.24 bits per heavy atom. The number of carbonyl (C=O) groups is 1. The van der Waals surface area contributed by atoms with E-state index in [9.17, 15) is 17.6 Å². The summed E-state index contributed by atoms with van der Waals surface area (Å²) in [6, 6.07) is 8.74. The zero-order chi connectivity index (χ0) is 24.5. The van der Waals surface area contributed by atoms with Crippen molar-refractivity contribution in [3.8, 4) is 5.69 Å². The second-order valence-corrected chi connectivity index (χ2v) is 10.5. The first-order chi connectivity index (χ1) is 16.2. The van der Waals surface area contributed by atoms with Crippen LogP contribution < -0.4 is 10.2 Å². The summed E-state index contributed by atoms with van der Waals surface area (Å²) < 4.78 is 39.1. The molecule has 0 saturated heterocycles. The Hall–Kier alpha value is -3.27. The largest absolute Gasteiger partial charge is 0.331 e. The molecule has 1 aliphatic rings. The number of urea groups is 1. The van der Waals surface area contributed by atoms with Crippen molar-refractivity contribution in [3.63, 3.8) is 0 Å². The van der Waals surface area contributed by atoms with E-state index in [4.69, 9.17) is 0 Å². The number of nitrogens with one attached hydrogen (secondary N) is 1. The van der Waals surface area contributed by atoms with Crippen LogP contribution in [0.3, 0.4) is 0 Å². The van der Waals surface area contributed by atoms with Gasteiger partial charge < -0.3 is 5.32 Å². The number of sulfone groups is 1. The molecule has 0 unspecified atom stereocenters. The van der Waals surface area contributed by atoms with E-state index in [2.05, 4.69) is 15.4 Å². The summed E-state index contributed by atoms with van der Waals surface area (Å²) in [7, 11) is -3.46. The highest BCUT2D eigenvalue weighted by Gasteiger charge is 2.30. The lowest BCUT2D eigenvalue weighted by molar-refractivity contribution is 0.241. The highest BCUT2D eigenvalue weighted by atomic mass is 32.2. The van der Waals surface area contributed by atoms with Crippen LogP contribution in [0.4, 0.5) is 14.9 Å². The van der Waals surface area contributed by atoms with Crippen LogP contribution >= 0.6 is 0 Å². The third kappa shape index (κ3) is 4.82. The van der Waals surface area contributed by atoms with Gasteiger partial charge >= 0.3 is 6.03 Å². The number of nitrogens with zero attached hydrogens (tertiary/aromatic N) is 4. The molecule has 0 aliphatic carbocycles. The molecule has 0 bridgehead atoms. The molecule has 8 nitrogen and oxygen atoms in total. The Balaban J connectivity index is 1.63. The van der Waals surface area contributed by atoms with Gasteiger partial charge in [0.05, 0.1) is 28.8 Å². The molecule has 3 heterocycles. The Bertz CT molecular complexity index is 1300. The van der Waals surface area contributed by atoms with Crippen LogP contribution in [0.15, 0.2) is 47.6 Å². The number of carbonyl (C=O) groups excluding carboxylic acids is 1. The third-order valence-electron chi connectivity index (χ3n) is 5.92. The van der Waals surface area contributed by atoms with Crippen LogP contribution in [-0.4, -0.2) is 42.0 Å². The standard InChI is InChI=1S/C24H28FN5O3S/c1-4-6-20(17-12-13-26-22(15-17)34(3,32)33)27-24(31)29-14-5-7-21-23(29)16(2)28-30(21)19-10-8-18(25)9-11-19/h8-13,15,20H,4-7,14H2,1-3H3,(H,27,31)/t20-/m0/s1. The minimum atomic E-state index is -3.46. The first kappa shape index (κ1) is 23.9. The highest BCUT2D eigenvalue weighted by Crippen LogP contribution is 2.33. The molecule has 2 amide bonds. The van der Waals surface area contributed by atoms with Crippen LogP contribution in [0.25, 0.3) is 5.69 Å². The fourth-order valence-corrected chi connectivity index (χ4v) is 4.94. The average molecular weight is 486 g/mol. The summed E-state index contributed by atoms with van der Waals surface area (Å²) >= 11 is 0. The number of hydrogen-bond acceptors (Lipinski definition) is 5. The van der Waals surface area contributed by atoms with E-state index < -0.39 is 9.84 Å². The van der Waals surface area contributed by atoms with Gasteiger partial charge in [0.1, 0.15) is 5.82 Å². The molecule has 3 aromatic rings. The molecule has 0 fully saturated rings. The maximum absolute atomic E-state index is 13.4. The van der Waals surface area contributed by atoms with Crippen LogP contribution in [0.2, 0.25) is 0 Å². The molecular weight excluding hydrogens is 457 g/mol. The van der Waals surface area contributed by atoms with E-state index in [0.29, 0.717) is 24.2 Å². The Morgan fingerprint density at radius 2 is 1.97 bits per heavy atom. The molecular formula is C24H28FN5O3S. The van der Waals surface area contributed by atoms with Gasteiger partial charge in [0.15, 0.2) is 14.9 Å². The maximum Gasteiger partial charge on any atom is 0.322 e. The van der Waals surface area contributed by atoms with Crippen LogP contribution in [-0.2, 0) is 16.3 Å². The van der Waals surface area contributed by atoms with E-state index in [0.717, 1.165) is 42.6 Å². The highest BCUT2D eigenvalue weighted by molar-refractivity contribution is 7.90. The Morgan fingerprint density at radius 3 is 2.65 bits per heavy atom. The summed E-state index contributed by atoms with van der Waals surface area (Å²) in [5.41, 5.74) is 3.81. The minimum Gasteiger partial charge on any atom is -0.331 e. The molecule has 4 rings (SSSR count). The van der Waals surface area contributed by atoms with Crippen molar-refractivity contribution in [2.45, 2.75) is 50.6 Å². The summed E-state index contributed by atoms with van der Waals surface area (Å²) in [6.07, 6.45) is 5.53. The normalized spacial score (nSPS) is 14.5. The number of fused-ring (bicyclic) bond motifs is 1. The molecule has 0 spiro atoms. The predicted octanol–water partition coefficient (Wildman–Crippen LogP) is 4.12. The van der Waals surface area contributed by atoms with E-state index in [1.165, 1.54) is 24.4 Å². The molecule has 1 atom stereocenters. The smallest absolute Gasteiger partial charge is 0.322 e. The number of pyridine rings is 1. The SMILES string of the molecule is CCC[C@H](NC(=O)N1CCCc2c1c(C)nn2-c1ccc(F)cc1)c1ccnc(S(C)(=O)=O)c1. The van der Waals surface area contributed by atoms with Gasteiger partial charge in [-0.05, 0) is 68.1 Å². The van der Waals surface area contributed by atoms with E-state index in [1.54, 1.807) is 27.8 Å². The second kappa shape index (κ2) is 9.54. The van der Waals surface area contributed by atoms with E-state index in [1.807, 2.05) is 13.8 Å². The third-order valence-corrected chi connectivity index (χ3v) is 6.90. The zero-order valence-electron chi connectivity index (χ0n) is 19.5. The van der Waals surface area contributed by atoms with Gasteiger partial charge in [-0.15, -0.1) is 0 Å². The van der Waals surface area contributed by atoms with Gasteiger partial charge in [-0.3, -0.25) is 4.90 Å². The zero-order valence-corrected chi connectivity index (χ0v) is 20.3. The van der Waals surface area contributed by atoms with Crippen molar-refractivity contribution >= 4 is 21.6 Å². The summed E-state index contributed by atoms with van der Waals surface area (Å²) in [6.45, 7) is 4.40. The lowest BCUT2D eigenvalue weighted by Gasteiger charge is -2.30. The molecule has 180 valence electrons. The molecule has 0 radical (unpaired) electrons. The van der Waals surface area contributed by atoms with Gasteiger partial charge in [0.25, 0.3) is 0 Å². The lowest BCUT2D eigenvalue weighted by Crippen LogP contribution is -2.44. The lowest BCUT2D eigenvalue weighted by atomic mass is 10.0. The molecule has 1 aliphatic heterocycles. The predicted molar refractivity (Wildman–Crippen MR) is 127 cm³/mol. The number of halogens is 1. The van der Waals surface area contributed by atoms with E-state index in [-0.39, 0.29) is 22.9 Å². The Kier molecular flexibility index (Phi) is 6.70. The second-order valence-electron chi connectivity index (χ2n) is 8.51. The van der Waals surface area contributed by atoms with Crippen molar-refractivity contribution in [3.05, 3.63) is 65.4 Å². The van der Waals surface area contributed by atoms with Crippen LogP contribution in [0.1, 0.15) is 49.2 Å². The van der Waals surface area contributed by atoms with Gasteiger partial charge in [-0.1, -0.05) is 13.3 Å². The fourth-order valence-electron chi connectivity index (χ4n) is 4.34. The fraction of sp³-hybridized carbons (Fsp3) is 0.375. The summed E-state index contributed by atoms with van der Waals surface area (Å²) in [4.78, 5) is 19.1. The van der Waals surface area contributed by atoms with Gasteiger partial charge in [-0.2, -0.15) is 5.10 Å². The topological polar surface area (TPSA) is 97.2 Å². The van der Waals surface area contributed by atoms with Crippen molar-refractivity contribution in [2.24, 2.45) is 0 Å². The maximum atomic E-state index is 13.4. The average Bonchev–Trinajstić information content (AvgIpc) is 3.15. The molecule has 0 saturated carbocycles. The number of rotatable bonds is 6. The molecule has 34 heavy (non-hydrogen) atoms.